The summed E-state index contributed by atoms with van der Waals surface area (Å²) in [6.45, 7) is 27.3. The van der Waals surface area contributed by atoms with Gasteiger partial charge < -0.3 is 10.6 Å². The quantitative estimate of drug-likeness (QED) is 0.297. The van der Waals surface area contributed by atoms with Crippen molar-refractivity contribution in [1.29, 1.82) is 0 Å². The predicted octanol–water partition coefficient (Wildman–Crippen LogP) is 7.04. The van der Waals surface area contributed by atoms with Crippen LogP contribution in [0.4, 0.5) is 0 Å². The van der Waals surface area contributed by atoms with Crippen molar-refractivity contribution in [2.24, 2.45) is 17.8 Å². The molecule has 0 bridgehead atoms. The van der Waals surface area contributed by atoms with Crippen LogP contribution in [0, 0.1) is 17.8 Å². The van der Waals surface area contributed by atoms with E-state index in [4.69, 9.17) is 0 Å². The molecule has 0 spiro atoms. The van der Waals surface area contributed by atoms with Crippen molar-refractivity contribution in [1.82, 2.24) is 10.6 Å². The molecule has 0 aromatic heterocycles. The zero-order valence-corrected chi connectivity index (χ0v) is 26.3. The summed E-state index contributed by atoms with van der Waals surface area (Å²) >= 11 is 0. The largest absolute Gasteiger partial charge is 0.316 e. The maximum atomic E-state index is 3.78. The summed E-state index contributed by atoms with van der Waals surface area (Å²) in [6.07, 6.45) is 12.2. The smallest absolute Gasteiger partial charge is 0.0772 e. The summed E-state index contributed by atoms with van der Waals surface area (Å²) in [6, 6.07) is 0. The molecule has 0 saturated carbocycles. The van der Waals surface area contributed by atoms with E-state index >= 15 is 0 Å². The van der Waals surface area contributed by atoms with E-state index in [0.29, 0.717) is 16.2 Å². The molecule has 0 radical (unpaired) electrons. The Kier molecular flexibility index (Phi) is 8.89. The van der Waals surface area contributed by atoms with E-state index < -0.39 is 8.07 Å². The zero-order valence-electron chi connectivity index (χ0n) is 23.3. The van der Waals surface area contributed by atoms with Gasteiger partial charge in [-0.3, -0.25) is 0 Å². The first-order chi connectivity index (χ1) is 15.1. The van der Waals surface area contributed by atoms with Crippen LogP contribution in [0.25, 0.3) is 0 Å². The SMILES string of the molecule is CC(C)(C)P(CC1C=C([Si](C)(C)C)C=C1C(P)(C1CCCNC1)C1CCCNC1)C(C)(C)C. The lowest BCUT2D eigenvalue weighted by atomic mass is 9.68. The van der Waals surface area contributed by atoms with E-state index in [1.807, 2.05) is 0 Å². The van der Waals surface area contributed by atoms with E-state index in [9.17, 15) is 0 Å². The minimum atomic E-state index is -1.38. The number of rotatable bonds is 6. The van der Waals surface area contributed by atoms with E-state index in [-0.39, 0.29) is 13.1 Å². The van der Waals surface area contributed by atoms with Gasteiger partial charge in [-0.1, -0.05) is 92.0 Å². The molecule has 3 aliphatic rings. The highest BCUT2D eigenvalue weighted by Gasteiger charge is 2.49. The Morgan fingerprint density at radius 2 is 1.39 bits per heavy atom. The normalized spacial score (nSPS) is 29.6. The van der Waals surface area contributed by atoms with Gasteiger partial charge in [0.1, 0.15) is 0 Å². The Morgan fingerprint density at radius 1 is 0.909 bits per heavy atom. The van der Waals surface area contributed by atoms with Gasteiger partial charge in [-0.25, -0.2) is 0 Å². The van der Waals surface area contributed by atoms with Crippen LogP contribution in [0.2, 0.25) is 19.6 Å². The molecule has 5 heteroatoms. The third-order valence-electron chi connectivity index (χ3n) is 8.40. The molecular weight excluding hydrogens is 454 g/mol. The van der Waals surface area contributed by atoms with Gasteiger partial charge in [0.2, 0.25) is 0 Å². The molecule has 0 amide bonds. The molecule has 3 rings (SSSR count). The average molecular weight is 509 g/mol. The average Bonchev–Trinajstić information content (AvgIpc) is 3.16. The number of allylic oxidation sites excluding steroid dienone is 4. The van der Waals surface area contributed by atoms with Gasteiger partial charge in [-0.2, -0.15) is 0 Å². The molecule has 190 valence electrons. The van der Waals surface area contributed by atoms with Crippen molar-refractivity contribution in [3.05, 3.63) is 22.9 Å². The Balaban J connectivity index is 2.07. The first-order valence-electron chi connectivity index (χ1n) is 13.6. The molecule has 0 aromatic rings. The summed E-state index contributed by atoms with van der Waals surface area (Å²) in [5, 5.41) is 10.2. The van der Waals surface area contributed by atoms with Crippen molar-refractivity contribution in [3.8, 4) is 0 Å². The third-order valence-corrected chi connectivity index (χ3v) is 15.7. The fourth-order valence-corrected chi connectivity index (χ4v) is 12.7. The number of nitrogens with one attached hydrogen (secondary N) is 2. The molecule has 0 aromatic carbocycles. The molecule has 4 unspecified atom stereocenters. The third kappa shape index (κ3) is 6.43. The van der Waals surface area contributed by atoms with Crippen LogP contribution in [0.5, 0.6) is 0 Å². The van der Waals surface area contributed by atoms with E-state index in [1.54, 1.807) is 10.8 Å². The monoisotopic (exact) mass is 508 g/mol. The standard InChI is InChI=1S/C28H54N2P2Si/c1-26(2,3)32(27(4,5)6)20-21-16-24(33(7,8)9)17-25(21)28(31,22-12-10-14-29-18-22)23-13-11-15-30-19-23/h16-17,21-23,29-30H,10-15,18-20,31H2,1-9H3. The first-order valence-corrected chi connectivity index (χ1v) is 19.2. The highest BCUT2D eigenvalue weighted by atomic mass is 31.1. The summed E-state index contributed by atoms with van der Waals surface area (Å²) in [7, 11) is 2.04. The molecular formula is C28H54N2P2Si. The topological polar surface area (TPSA) is 24.1 Å². The number of piperidine rings is 2. The molecule has 1 aliphatic carbocycles. The fourth-order valence-electron chi connectivity index (χ4n) is 6.77. The Morgan fingerprint density at radius 3 is 1.76 bits per heavy atom. The second-order valence-electron chi connectivity index (χ2n) is 14.0. The molecule has 33 heavy (non-hydrogen) atoms. The van der Waals surface area contributed by atoms with Crippen molar-refractivity contribution in [3.63, 3.8) is 0 Å². The van der Waals surface area contributed by atoms with Crippen molar-refractivity contribution >= 4 is 25.2 Å². The highest BCUT2D eigenvalue weighted by Crippen LogP contribution is 2.63. The fraction of sp³-hybridized carbons (Fsp3) is 0.857. The summed E-state index contributed by atoms with van der Waals surface area (Å²) in [5.41, 5.74) is 1.79. The molecule has 2 saturated heterocycles. The van der Waals surface area contributed by atoms with Crippen LogP contribution in [0.15, 0.2) is 22.9 Å². The van der Waals surface area contributed by atoms with E-state index in [0.717, 1.165) is 11.8 Å². The van der Waals surface area contributed by atoms with Crippen LogP contribution in [-0.4, -0.2) is 55.9 Å². The van der Waals surface area contributed by atoms with Gasteiger partial charge in [0.15, 0.2) is 0 Å². The van der Waals surface area contributed by atoms with Gasteiger partial charge in [0.05, 0.1) is 8.07 Å². The maximum Gasteiger partial charge on any atom is 0.0772 e. The molecule has 2 N–H and O–H groups in total. The van der Waals surface area contributed by atoms with Gasteiger partial charge in [0.25, 0.3) is 0 Å². The van der Waals surface area contributed by atoms with Gasteiger partial charge in [-0.05, 0) is 80.2 Å². The minimum absolute atomic E-state index is 0.128. The van der Waals surface area contributed by atoms with E-state index in [2.05, 4.69) is 93.2 Å². The van der Waals surface area contributed by atoms with Crippen LogP contribution < -0.4 is 10.6 Å². The first kappa shape index (κ1) is 28.1. The van der Waals surface area contributed by atoms with Gasteiger partial charge in [-0.15, -0.1) is 9.24 Å². The molecule has 2 aliphatic heterocycles. The zero-order chi connectivity index (χ0) is 24.7. The van der Waals surface area contributed by atoms with Gasteiger partial charge in [0, 0.05) is 11.1 Å². The lowest BCUT2D eigenvalue weighted by Gasteiger charge is -2.51. The lowest BCUT2D eigenvalue weighted by Crippen LogP contribution is -2.53. The van der Waals surface area contributed by atoms with E-state index in [1.165, 1.54) is 58.0 Å². The predicted molar refractivity (Wildman–Crippen MR) is 158 cm³/mol. The second kappa shape index (κ2) is 10.5. The summed E-state index contributed by atoms with van der Waals surface area (Å²) in [4.78, 5) is 0. The van der Waals surface area contributed by atoms with Crippen LogP contribution in [0.1, 0.15) is 67.2 Å². The van der Waals surface area contributed by atoms with Crippen LogP contribution in [0.3, 0.4) is 0 Å². The van der Waals surface area contributed by atoms with Gasteiger partial charge >= 0.3 is 0 Å². The van der Waals surface area contributed by atoms with Crippen LogP contribution >= 0.6 is 17.2 Å². The second-order valence-corrected chi connectivity index (χ2v) is 24.0. The Labute approximate surface area is 211 Å². The molecule has 4 atom stereocenters. The lowest BCUT2D eigenvalue weighted by molar-refractivity contribution is 0.213. The van der Waals surface area contributed by atoms with Crippen molar-refractivity contribution in [2.45, 2.75) is 102 Å². The van der Waals surface area contributed by atoms with Crippen molar-refractivity contribution in [2.75, 3.05) is 32.3 Å². The van der Waals surface area contributed by atoms with Crippen LogP contribution in [-0.2, 0) is 0 Å². The Hall–Kier alpha value is 0.477. The maximum absolute atomic E-state index is 3.78. The highest BCUT2D eigenvalue weighted by molar-refractivity contribution is 7.60. The minimum Gasteiger partial charge on any atom is -0.316 e. The molecule has 2 fully saturated rings. The molecule has 2 heterocycles. The Bertz CT molecular complexity index is 694. The van der Waals surface area contributed by atoms with Crippen molar-refractivity contribution < 1.29 is 0 Å². The summed E-state index contributed by atoms with van der Waals surface area (Å²) < 4.78 is 0. The number of hydrogen-bond acceptors (Lipinski definition) is 2. The number of hydrogen-bond donors (Lipinski definition) is 2. The molecule has 2 nitrogen and oxygen atoms in total. The summed E-state index contributed by atoms with van der Waals surface area (Å²) in [5.74, 6) is 2.05.